The van der Waals surface area contributed by atoms with Crippen molar-refractivity contribution < 1.29 is 0 Å². The van der Waals surface area contributed by atoms with Gasteiger partial charge in [-0.15, -0.1) is 0 Å². The molecule has 0 aliphatic carbocycles. The Morgan fingerprint density at radius 1 is 1.58 bits per heavy atom. The molecule has 0 spiro atoms. The number of fused-ring (bicyclic) bond motifs is 1. The van der Waals surface area contributed by atoms with E-state index < -0.39 is 0 Å². The molecule has 0 unspecified atom stereocenters. The fourth-order valence-corrected chi connectivity index (χ4v) is 1.24. The van der Waals surface area contributed by atoms with E-state index in [-0.39, 0.29) is 5.56 Å². The zero-order valence-corrected chi connectivity index (χ0v) is 6.82. The standard InChI is InChI=1S/C8H9N3O/c1-11-8(12)4-6-5-9-3-2-7(6)10-11/h3-4H,2,5H2,1H3. The third-order valence-corrected chi connectivity index (χ3v) is 1.93. The lowest BCUT2D eigenvalue weighted by atomic mass is 10.1. The molecular formula is C8H9N3O. The summed E-state index contributed by atoms with van der Waals surface area (Å²) in [6.07, 6.45) is 2.57. The molecule has 1 aliphatic heterocycles. The Kier molecular flexibility index (Phi) is 1.53. The Labute approximate surface area is 69.6 Å². The molecule has 1 aromatic rings. The summed E-state index contributed by atoms with van der Waals surface area (Å²) in [7, 11) is 1.66. The number of aromatic nitrogens is 2. The van der Waals surface area contributed by atoms with Gasteiger partial charge in [0.05, 0.1) is 12.2 Å². The third-order valence-electron chi connectivity index (χ3n) is 1.93. The van der Waals surface area contributed by atoms with Crippen LogP contribution < -0.4 is 5.56 Å². The number of aryl methyl sites for hydroxylation is 1. The van der Waals surface area contributed by atoms with Crippen LogP contribution in [0, 0.1) is 0 Å². The second kappa shape index (κ2) is 2.55. The zero-order valence-electron chi connectivity index (χ0n) is 6.82. The van der Waals surface area contributed by atoms with Crippen LogP contribution in [0.15, 0.2) is 15.9 Å². The van der Waals surface area contributed by atoms with Crippen LogP contribution in [0.1, 0.15) is 11.3 Å². The van der Waals surface area contributed by atoms with Crippen molar-refractivity contribution in [3.8, 4) is 0 Å². The van der Waals surface area contributed by atoms with Gasteiger partial charge in [0.1, 0.15) is 0 Å². The number of aliphatic imine (C=N–C) groups is 1. The fourth-order valence-electron chi connectivity index (χ4n) is 1.24. The molecule has 0 saturated heterocycles. The maximum atomic E-state index is 11.1. The summed E-state index contributed by atoms with van der Waals surface area (Å²) in [5, 5.41) is 4.13. The first-order valence-electron chi connectivity index (χ1n) is 3.82. The summed E-state index contributed by atoms with van der Waals surface area (Å²) in [4.78, 5) is 15.2. The Balaban J connectivity index is 2.60. The van der Waals surface area contributed by atoms with Gasteiger partial charge in [-0.1, -0.05) is 0 Å². The molecule has 2 heterocycles. The minimum absolute atomic E-state index is 0.0640. The lowest BCUT2D eigenvalue weighted by Gasteiger charge is -2.09. The van der Waals surface area contributed by atoms with Crippen molar-refractivity contribution in [1.82, 2.24) is 9.78 Å². The van der Waals surface area contributed by atoms with Crippen LogP contribution >= 0.6 is 0 Å². The molecule has 1 aliphatic rings. The topological polar surface area (TPSA) is 47.2 Å². The van der Waals surface area contributed by atoms with Crippen LogP contribution in [0.3, 0.4) is 0 Å². The molecule has 0 saturated carbocycles. The SMILES string of the molecule is Cn1nc2c(cc1=O)CN=CC2. The minimum Gasteiger partial charge on any atom is -0.292 e. The Bertz CT molecular complexity index is 392. The van der Waals surface area contributed by atoms with Crippen molar-refractivity contribution in [1.29, 1.82) is 0 Å². The maximum Gasteiger partial charge on any atom is 0.266 e. The smallest absolute Gasteiger partial charge is 0.266 e. The first-order chi connectivity index (χ1) is 5.77. The first kappa shape index (κ1) is 7.21. The van der Waals surface area contributed by atoms with E-state index in [1.807, 2.05) is 6.21 Å². The molecule has 0 atom stereocenters. The largest absolute Gasteiger partial charge is 0.292 e. The minimum atomic E-state index is -0.0640. The summed E-state index contributed by atoms with van der Waals surface area (Å²) < 4.78 is 1.36. The van der Waals surface area contributed by atoms with Gasteiger partial charge in [-0.2, -0.15) is 5.10 Å². The molecular weight excluding hydrogens is 154 g/mol. The predicted molar refractivity (Wildman–Crippen MR) is 45.4 cm³/mol. The molecule has 0 radical (unpaired) electrons. The second-order valence-electron chi connectivity index (χ2n) is 2.81. The van der Waals surface area contributed by atoms with Crippen molar-refractivity contribution >= 4 is 6.21 Å². The summed E-state index contributed by atoms with van der Waals surface area (Å²) >= 11 is 0. The number of hydrogen-bond acceptors (Lipinski definition) is 3. The molecule has 62 valence electrons. The molecule has 0 bridgehead atoms. The normalized spacial score (nSPS) is 14.4. The average Bonchev–Trinajstić information content (AvgIpc) is 2.07. The van der Waals surface area contributed by atoms with Crippen LogP contribution in [0.4, 0.5) is 0 Å². The number of hydrogen-bond donors (Lipinski definition) is 0. The van der Waals surface area contributed by atoms with E-state index in [2.05, 4.69) is 10.1 Å². The van der Waals surface area contributed by atoms with Crippen LogP contribution in [0.25, 0.3) is 0 Å². The molecule has 0 amide bonds. The average molecular weight is 163 g/mol. The second-order valence-corrected chi connectivity index (χ2v) is 2.81. The monoisotopic (exact) mass is 163 g/mol. The zero-order chi connectivity index (χ0) is 8.55. The number of nitrogens with zero attached hydrogens (tertiary/aromatic N) is 3. The highest BCUT2D eigenvalue weighted by Gasteiger charge is 2.08. The molecule has 4 heteroatoms. The maximum absolute atomic E-state index is 11.1. The van der Waals surface area contributed by atoms with Gasteiger partial charge >= 0.3 is 0 Å². The first-order valence-corrected chi connectivity index (χ1v) is 3.82. The third kappa shape index (κ3) is 1.05. The molecule has 1 aromatic heterocycles. The fraction of sp³-hybridized carbons (Fsp3) is 0.375. The van der Waals surface area contributed by atoms with Crippen LogP contribution in [0.5, 0.6) is 0 Å². The van der Waals surface area contributed by atoms with Crippen molar-refractivity contribution in [2.45, 2.75) is 13.0 Å². The highest BCUT2D eigenvalue weighted by molar-refractivity contribution is 5.63. The lowest BCUT2D eigenvalue weighted by molar-refractivity contribution is 0.674. The molecule has 2 rings (SSSR count). The highest BCUT2D eigenvalue weighted by atomic mass is 16.1. The van der Waals surface area contributed by atoms with E-state index in [4.69, 9.17) is 0 Å². The van der Waals surface area contributed by atoms with Gasteiger partial charge in [-0.25, -0.2) is 4.68 Å². The highest BCUT2D eigenvalue weighted by Crippen LogP contribution is 2.08. The van der Waals surface area contributed by atoms with Gasteiger partial charge in [0.25, 0.3) is 5.56 Å². The van der Waals surface area contributed by atoms with Crippen molar-refractivity contribution in [3.05, 3.63) is 27.7 Å². The summed E-state index contributed by atoms with van der Waals surface area (Å²) in [6, 6.07) is 1.61. The van der Waals surface area contributed by atoms with E-state index in [1.165, 1.54) is 4.68 Å². The molecule has 0 N–H and O–H groups in total. The van der Waals surface area contributed by atoms with E-state index in [0.717, 1.165) is 17.7 Å². The van der Waals surface area contributed by atoms with Gasteiger partial charge in [-0.05, 0) is 0 Å². The van der Waals surface area contributed by atoms with E-state index in [1.54, 1.807) is 13.1 Å². The Morgan fingerprint density at radius 3 is 3.25 bits per heavy atom. The summed E-state index contributed by atoms with van der Waals surface area (Å²) in [5.74, 6) is 0. The molecule has 4 nitrogen and oxygen atoms in total. The lowest BCUT2D eigenvalue weighted by Crippen LogP contribution is -2.23. The van der Waals surface area contributed by atoms with Gasteiger partial charge in [-0.3, -0.25) is 9.79 Å². The van der Waals surface area contributed by atoms with E-state index >= 15 is 0 Å². The van der Waals surface area contributed by atoms with E-state index in [9.17, 15) is 4.79 Å². The summed E-state index contributed by atoms with van der Waals surface area (Å²) in [6.45, 7) is 0.596. The van der Waals surface area contributed by atoms with Crippen molar-refractivity contribution in [2.75, 3.05) is 0 Å². The predicted octanol–water partition coefficient (Wildman–Crippen LogP) is -0.0928. The molecule has 0 fully saturated rings. The Morgan fingerprint density at radius 2 is 2.42 bits per heavy atom. The molecule has 0 aromatic carbocycles. The Hall–Kier alpha value is -1.45. The van der Waals surface area contributed by atoms with Crippen LogP contribution in [-0.2, 0) is 20.0 Å². The van der Waals surface area contributed by atoms with Gasteiger partial charge < -0.3 is 0 Å². The van der Waals surface area contributed by atoms with Gasteiger partial charge in [0.2, 0.25) is 0 Å². The molecule has 12 heavy (non-hydrogen) atoms. The van der Waals surface area contributed by atoms with Crippen molar-refractivity contribution in [3.63, 3.8) is 0 Å². The summed E-state index contributed by atoms with van der Waals surface area (Å²) in [5.41, 5.74) is 1.86. The van der Waals surface area contributed by atoms with Crippen molar-refractivity contribution in [2.24, 2.45) is 12.0 Å². The quantitative estimate of drug-likeness (QED) is 0.536. The van der Waals surface area contributed by atoms with Gasteiger partial charge in [0, 0.05) is 31.3 Å². The van der Waals surface area contributed by atoms with Crippen LogP contribution in [-0.4, -0.2) is 16.0 Å². The van der Waals surface area contributed by atoms with Gasteiger partial charge in [0.15, 0.2) is 0 Å². The van der Waals surface area contributed by atoms with Crippen LogP contribution in [0.2, 0.25) is 0 Å². The number of rotatable bonds is 0. The van der Waals surface area contributed by atoms with E-state index in [0.29, 0.717) is 6.54 Å².